The fourth-order valence-electron chi connectivity index (χ4n) is 0.412. The summed E-state index contributed by atoms with van der Waals surface area (Å²) in [5.74, 6) is 0. The molecule has 49 valence electrons. The van der Waals surface area contributed by atoms with Crippen LogP contribution in [0.2, 0.25) is 0 Å². The van der Waals surface area contributed by atoms with Crippen molar-refractivity contribution in [1.82, 2.24) is 4.90 Å². The zero-order valence-electron chi connectivity index (χ0n) is 5.06. The molecule has 3 heteroatoms. The van der Waals surface area contributed by atoms with E-state index in [1.807, 2.05) is 0 Å². The Morgan fingerprint density at radius 1 is 1.50 bits per heavy atom. The van der Waals surface area contributed by atoms with Gasteiger partial charge in [-0.25, -0.2) is 9.50 Å². The molecule has 0 fully saturated rings. The second-order valence-corrected chi connectivity index (χ2v) is 1.70. The normalized spacial score (nSPS) is 10.5. The molecule has 0 aromatic carbocycles. The summed E-state index contributed by atoms with van der Waals surface area (Å²) in [7, 11) is 1.73. The number of rotatable bonds is 4. The topological polar surface area (TPSA) is 23.1 Å². The SMILES string of the molecule is CN(CC[O])CCF. The van der Waals surface area contributed by atoms with Crippen LogP contribution < -0.4 is 0 Å². The van der Waals surface area contributed by atoms with Gasteiger partial charge in [-0.15, -0.1) is 0 Å². The van der Waals surface area contributed by atoms with Crippen LogP contribution in [0, 0.1) is 0 Å². The van der Waals surface area contributed by atoms with Crippen LogP contribution in [0.1, 0.15) is 0 Å². The minimum atomic E-state index is -0.365. The van der Waals surface area contributed by atoms with Crippen LogP contribution >= 0.6 is 0 Å². The molecule has 0 saturated carbocycles. The van der Waals surface area contributed by atoms with Crippen LogP contribution in [-0.2, 0) is 5.11 Å². The largest absolute Gasteiger partial charge is 0.301 e. The summed E-state index contributed by atoms with van der Waals surface area (Å²) in [5, 5.41) is 9.85. The molecule has 8 heavy (non-hydrogen) atoms. The Balaban J connectivity index is 2.92. The lowest BCUT2D eigenvalue weighted by molar-refractivity contribution is 0.150. The molecule has 0 atom stereocenters. The molecule has 0 aliphatic rings. The third kappa shape index (κ3) is 4.02. The first-order valence-electron chi connectivity index (χ1n) is 2.64. The highest BCUT2D eigenvalue weighted by atomic mass is 19.1. The van der Waals surface area contributed by atoms with Gasteiger partial charge in [-0.2, -0.15) is 0 Å². The monoisotopic (exact) mass is 120 g/mol. The first-order valence-corrected chi connectivity index (χ1v) is 2.64. The van der Waals surface area contributed by atoms with Gasteiger partial charge in [0.05, 0.1) is 6.61 Å². The van der Waals surface area contributed by atoms with Crippen molar-refractivity contribution in [3.8, 4) is 0 Å². The number of alkyl halides is 1. The van der Waals surface area contributed by atoms with E-state index in [1.165, 1.54) is 0 Å². The van der Waals surface area contributed by atoms with E-state index in [0.717, 1.165) is 0 Å². The molecule has 0 amide bonds. The van der Waals surface area contributed by atoms with Crippen LogP contribution in [0.25, 0.3) is 0 Å². The smallest absolute Gasteiger partial charge is 0.102 e. The Labute approximate surface area is 48.9 Å². The molecule has 0 N–H and O–H groups in total. The molecular weight excluding hydrogens is 109 g/mol. The van der Waals surface area contributed by atoms with Gasteiger partial charge in [0.1, 0.15) is 6.67 Å². The van der Waals surface area contributed by atoms with Crippen LogP contribution in [0.3, 0.4) is 0 Å². The number of hydrogen-bond acceptors (Lipinski definition) is 1. The van der Waals surface area contributed by atoms with Crippen LogP contribution in [0.5, 0.6) is 0 Å². The second kappa shape index (κ2) is 5.00. The Kier molecular flexibility index (Phi) is 4.90. The molecular formula is C5H11FNO. The maximum Gasteiger partial charge on any atom is 0.102 e. The fourth-order valence-corrected chi connectivity index (χ4v) is 0.412. The lowest BCUT2D eigenvalue weighted by atomic mass is 10.5. The summed E-state index contributed by atoms with van der Waals surface area (Å²) < 4.78 is 11.4. The number of nitrogens with zero attached hydrogens (tertiary/aromatic N) is 1. The molecule has 1 radical (unpaired) electrons. The minimum absolute atomic E-state index is 0.142. The summed E-state index contributed by atoms with van der Waals surface area (Å²) in [6.45, 7) is 0.319. The van der Waals surface area contributed by atoms with Crippen molar-refractivity contribution in [2.45, 2.75) is 0 Å². The van der Waals surface area contributed by atoms with Crippen molar-refractivity contribution in [3.05, 3.63) is 0 Å². The van der Waals surface area contributed by atoms with E-state index in [9.17, 15) is 9.50 Å². The maximum absolute atomic E-state index is 11.4. The number of likely N-dealkylation sites (N-methyl/N-ethyl adjacent to an activating group) is 1. The Bertz CT molecular complexity index is 45.7. The molecule has 0 heterocycles. The van der Waals surface area contributed by atoms with Gasteiger partial charge in [-0.3, -0.25) is 0 Å². The molecule has 0 unspecified atom stereocenters. The number of hydrogen-bond donors (Lipinski definition) is 0. The summed E-state index contributed by atoms with van der Waals surface area (Å²) in [6.07, 6.45) is 0. The zero-order chi connectivity index (χ0) is 6.41. The van der Waals surface area contributed by atoms with E-state index in [2.05, 4.69) is 0 Å². The minimum Gasteiger partial charge on any atom is -0.301 e. The van der Waals surface area contributed by atoms with Gasteiger partial charge in [0.15, 0.2) is 0 Å². The third-order valence-electron chi connectivity index (χ3n) is 0.939. The molecule has 2 nitrogen and oxygen atoms in total. The van der Waals surface area contributed by atoms with Crippen molar-refractivity contribution in [1.29, 1.82) is 0 Å². The zero-order valence-corrected chi connectivity index (χ0v) is 5.06. The molecule has 0 bridgehead atoms. The van der Waals surface area contributed by atoms with E-state index < -0.39 is 0 Å². The lowest BCUT2D eigenvalue weighted by Gasteiger charge is -2.10. The van der Waals surface area contributed by atoms with Gasteiger partial charge < -0.3 is 4.90 Å². The second-order valence-electron chi connectivity index (χ2n) is 1.70. The summed E-state index contributed by atoms with van der Waals surface area (Å²) >= 11 is 0. The van der Waals surface area contributed by atoms with E-state index in [4.69, 9.17) is 0 Å². The Morgan fingerprint density at radius 2 is 2.12 bits per heavy atom. The van der Waals surface area contributed by atoms with Crippen molar-refractivity contribution in [2.24, 2.45) is 0 Å². The number of halogens is 1. The van der Waals surface area contributed by atoms with Gasteiger partial charge in [0.25, 0.3) is 0 Å². The average molecular weight is 120 g/mol. The highest BCUT2D eigenvalue weighted by Crippen LogP contribution is 1.79. The van der Waals surface area contributed by atoms with E-state index in [-0.39, 0.29) is 13.3 Å². The standard InChI is InChI=1S/C5H11FNO/c1-7(3-2-6)4-5-8/h2-5H2,1H3. The van der Waals surface area contributed by atoms with Crippen LogP contribution in [0.4, 0.5) is 4.39 Å². The quantitative estimate of drug-likeness (QED) is 0.524. The fraction of sp³-hybridized carbons (Fsp3) is 1.00. The van der Waals surface area contributed by atoms with Gasteiger partial charge in [0, 0.05) is 13.1 Å². The summed E-state index contributed by atoms with van der Waals surface area (Å²) in [5.41, 5.74) is 0. The van der Waals surface area contributed by atoms with E-state index in [1.54, 1.807) is 11.9 Å². The predicted octanol–water partition coefficient (Wildman–Crippen LogP) is 0.318. The van der Waals surface area contributed by atoms with Gasteiger partial charge in [-0.05, 0) is 7.05 Å². The summed E-state index contributed by atoms with van der Waals surface area (Å²) in [6, 6.07) is 0. The molecule has 0 aromatic rings. The lowest BCUT2D eigenvalue weighted by Crippen LogP contribution is -2.23. The van der Waals surface area contributed by atoms with E-state index >= 15 is 0 Å². The van der Waals surface area contributed by atoms with Crippen LogP contribution in [0.15, 0.2) is 0 Å². The van der Waals surface area contributed by atoms with E-state index in [0.29, 0.717) is 13.1 Å². The van der Waals surface area contributed by atoms with Crippen molar-refractivity contribution in [3.63, 3.8) is 0 Å². The van der Waals surface area contributed by atoms with Crippen molar-refractivity contribution >= 4 is 0 Å². The van der Waals surface area contributed by atoms with Gasteiger partial charge >= 0.3 is 0 Å². The third-order valence-corrected chi connectivity index (χ3v) is 0.939. The summed E-state index contributed by atoms with van der Waals surface area (Å²) in [4.78, 5) is 1.67. The Hall–Kier alpha value is -0.150. The predicted molar refractivity (Wildman–Crippen MR) is 29.0 cm³/mol. The molecule has 0 aliphatic heterocycles. The average Bonchev–Trinajstić information content (AvgIpc) is 1.68. The highest BCUT2D eigenvalue weighted by molar-refractivity contribution is 4.45. The molecule has 0 spiro atoms. The van der Waals surface area contributed by atoms with Crippen LogP contribution in [-0.4, -0.2) is 38.3 Å². The van der Waals surface area contributed by atoms with Gasteiger partial charge in [-0.1, -0.05) is 0 Å². The Morgan fingerprint density at radius 3 is 2.50 bits per heavy atom. The van der Waals surface area contributed by atoms with Gasteiger partial charge in [0.2, 0.25) is 0 Å². The van der Waals surface area contributed by atoms with Crippen molar-refractivity contribution in [2.75, 3.05) is 33.4 Å². The van der Waals surface area contributed by atoms with Crippen molar-refractivity contribution < 1.29 is 9.50 Å². The molecule has 0 aromatic heterocycles. The molecule has 0 rings (SSSR count). The first kappa shape index (κ1) is 7.85. The molecule has 0 aliphatic carbocycles. The highest BCUT2D eigenvalue weighted by Gasteiger charge is 1.93. The molecule has 0 saturated heterocycles. The first-order chi connectivity index (χ1) is 3.81. The maximum atomic E-state index is 11.4.